The Bertz CT molecular complexity index is 560. The number of halogens is 1. The molecule has 7 heteroatoms. The van der Waals surface area contributed by atoms with E-state index in [1.165, 1.54) is 13.1 Å². The number of nitrogens with zero attached hydrogens (tertiary/aromatic N) is 1. The monoisotopic (exact) mass is 344 g/mol. The fourth-order valence-electron chi connectivity index (χ4n) is 1.41. The Hall–Kier alpha value is -1.76. The van der Waals surface area contributed by atoms with Gasteiger partial charge in [0.2, 0.25) is 0 Å². The van der Waals surface area contributed by atoms with Crippen molar-refractivity contribution in [3.63, 3.8) is 0 Å². The number of aryl methyl sites for hydroxylation is 1. The van der Waals surface area contributed by atoms with E-state index in [2.05, 4.69) is 15.9 Å². The molecule has 1 aromatic heterocycles. The molecule has 0 bridgehead atoms. The standard InChI is InChI=1S/C11H15BrN2O2.C2H6N2/c1-3-8(5-13)6-14-7(2)4-9(15)10(12)11(14)16;1-2(3)4/h4-5,15H,3,6,13H2,1-2H3;1H3,(H3,3,4)/b8-5-;. The molecule has 20 heavy (non-hydrogen) atoms. The average Bonchev–Trinajstić information content (AvgIpc) is 2.36. The number of allylic oxidation sites excluding steroid dienone is 1. The summed E-state index contributed by atoms with van der Waals surface area (Å²) in [5, 5.41) is 15.7. The third-order valence-electron chi connectivity index (χ3n) is 2.48. The van der Waals surface area contributed by atoms with Crippen LogP contribution in [0, 0.1) is 12.3 Å². The van der Waals surface area contributed by atoms with Crippen molar-refractivity contribution in [1.29, 1.82) is 5.41 Å². The van der Waals surface area contributed by atoms with Crippen molar-refractivity contribution in [3.8, 4) is 5.75 Å². The fraction of sp³-hybridized carbons (Fsp3) is 0.385. The Morgan fingerprint density at radius 2 is 2.10 bits per heavy atom. The molecule has 1 aromatic rings. The minimum absolute atomic E-state index is 0.0338. The van der Waals surface area contributed by atoms with E-state index in [1.54, 1.807) is 17.6 Å². The molecule has 0 aromatic carbocycles. The quantitative estimate of drug-likeness (QED) is 0.493. The molecule has 0 fully saturated rings. The largest absolute Gasteiger partial charge is 0.506 e. The topological polar surface area (TPSA) is 118 Å². The van der Waals surface area contributed by atoms with Crippen LogP contribution >= 0.6 is 15.9 Å². The summed E-state index contributed by atoms with van der Waals surface area (Å²) in [4.78, 5) is 11.9. The van der Waals surface area contributed by atoms with Crippen LogP contribution in [0.5, 0.6) is 5.75 Å². The zero-order valence-electron chi connectivity index (χ0n) is 11.9. The van der Waals surface area contributed by atoms with Gasteiger partial charge in [0.15, 0.2) is 0 Å². The van der Waals surface area contributed by atoms with Gasteiger partial charge in [0.05, 0.1) is 5.84 Å². The average molecular weight is 345 g/mol. The van der Waals surface area contributed by atoms with Crippen LogP contribution in [0.2, 0.25) is 0 Å². The summed E-state index contributed by atoms with van der Waals surface area (Å²) in [6.07, 6.45) is 2.31. The number of aromatic nitrogens is 1. The van der Waals surface area contributed by atoms with Crippen molar-refractivity contribution in [2.75, 3.05) is 0 Å². The van der Waals surface area contributed by atoms with Crippen molar-refractivity contribution >= 4 is 21.8 Å². The van der Waals surface area contributed by atoms with Crippen molar-refractivity contribution in [2.24, 2.45) is 11.5 Å². The Labute approximate surface area is 126 Å². The molecule has 0 saturated carbocycles. The molecule has 6 N–H and O–H groups in total. The molecule has 0 aliphatic heterocycles. The highest BCUT2D eigenvalue weighted by atomic mass is 79.9. The summed E-state index contributed by atoms with van der Waals surface area (Å²) >= 11 is 3.06. The van der Waals surface area contributed by atoms with Crippen LogP contribution in [0.4, 0.5) is 0 Å². The van der Waals surface area contributed by atoms with Gasteiger partial charge in [0.1, 0.15) is 10.2 Å². The summed E-state index contributed by atoms with van der Waals surface area (Å²) in [6.45, 7) is 5.74. The second-order valence-electron chi connectivity index (χ2n) is 4.24. The molecule has 0 radical (unpaired) electrons. The van der Waals surface area contributed by atoms with Crippen molar-refractivity contribution in [3.05, 3.63) is 38.4 Å². The second kappa shape index (κ2) is 8.42. The second-order valence-corrected chi connectivity index (χ2v) is 5.03. The Balaban J connectivity index is 0.000000796. The van der Waals surface area contributed by atoms with Gasteiger partial charge in [-0.3, -0.25) is 10.2 Å². The SMILES string of the molecule is CC(=N)N.CC/C(=C/N)Cn1c(C)cc(O)c(Br)c1=O. The Morgan fingerprint density at radius 3 is 2.50 bits per heavy atom. The molecular weight excluding hydrogens is 324 g/mol. The van der Waals surface area contributed by atoms with Gasteiger partial charge in [-0.15, -0.1) is 0 Å². The van der Waals surface area contributed by atoms with E-state index < -0.39 is 0 Å². The fourth-order valence-corrected chi connectivity index (χ4v) is 1.74. The lowest BCUT2D eigenvalue weighted by molar-refractivity contribution is 0.465. The van der Waals surface area contributed by atoms with Crippen LogP contribution in [0.15, 0.2) is 27.1 Å². The van der Waals surface area contributed by atoms with E-state index in [-0.39, 0.29) is 21.6 Å². The highest BCUT2D eigenvalue weighted by Crippen LogP contribution is 2.20. The molecule has 0 aliphatic rings. The van der Waals surface area contributed by atoms with E-state index in [4.69, 9.17) is 16.9 Å². The van der Waals surface area contributed by atoms with Crippen LogP contribution in [-0.4, -0.2) is 15.5 Å². The summed E-state index contributed by atoms with van der Waals surface area (Å²) < 4.78 is 1.76. The first-order valence-corrected chi connectivity index (χ1v) is 6.83. The van der Waals surface area contributed by atoms with E-state index >= 15 is 0 Å². The van der Waals surface area contributed by atoms with Crippen LogP contribution in [-0.2, 0) is 6.54 Å². The normalized spacial score (nSPS) is 10.7. The number of amidine groups is 1. The van der Waals surface area contributed by atoms with Gasteiger partial charge in [0, 0.05) is 18.3 Å². The smallest absolute Gasteiger partial charge is 0.269 e. The number of aromatic hydroxyl groups is 1. The van der Waals surface area contributed by atoms with Gasteiger partial charge >= 0.3 is 0 Å². The van der Waals surface area contributed by atoms with Gasteiger partial charge in [-0.2, -0.15) is 0 Å². The Kier molecular flexibility index (Phi) is 7.68. The van der Waals surface area contributed by atoms with Crippen molar-refractivity contribution < 1.29 is 5.11 Å². The third kappa shape index (κ3) is 5.48. The first-order chi connectivity index (χ1) is 9.24. The van der Waals surface area contributed by atoms with E-state index in [1.807, 2.05) is 6.92 Å². The van der Waals surface area contributed by atoms with Gasteiger partial charge in [-0.25, -0.2) is 0 Å². The van der Waals surface area contributed by atoms with E-state index in [0.29, 0.717) is 12.2 Å². The first kappa shape index (κ1) is 18.2. The molecule has 1 heterocycles. The lowest BCUT2D eigenvalue weighted by Crippen LogP contribution is -2.24. The summed E-state index contributed by atoms with van der Waals surface area (Å²) in [7, 11) is 0. The molecule has 1 rings (SSSR count). The van der Waals surface area contributed by atoms with Crippen LogP contribution in [0.1, 0.15) is 26.0 Å². The first-order valence-electron chi connectivity index (χ1n) is 6.03. The Morgan fingerprint density at radius 1 is 1.60 bits per heavy atom. The van der Waals surface area contributed by atoms with Gasteiger partial charge in [-0.05, 0) is 48.0 Å². The third-order valence-corrected chi connectivity index (χ3v) is 3.23. The molecular formula is C13H21BrN4O2. The lowest BCUT2D eigenvalue weighted by atomic mass is 10.2. The van der Waals surface area contributed by atoms with Crippen molar-refractivity contribution in [1.82, 2.24) is 4.57 Å². The number of hydrogen-bond donors (Lipinski definition) is 4. The molecule has 0 unspecified atom stereocenters. The minimum Gasteiger partial charge on any atom is -0.506 e. The number of pyridine rings is 1. The van der Waals surface area contributed by atoms with E-state index in [9.17, 15) is 9.90 Å². The highest BCUT2D eigenvalue weighted by Gasteiger charge is 2.10. The molecule has 0 aliphatic carbocycles. The minimum atomic E-state index is -0.245. The maximum atomic E-state index is 11.9. The van der Waals surface area contributed by atoms with Crippen LogP contribution < -0.4 is 17.0 Å². The maximum Gasteiger partial charge on any atom is 0.269 e. The summed E-state index contributed by atoms with van der Waals surface area (Å²) in [5.74, 6) is 0.133. The predicted molar refractivity (Wildman–Crippen MR) is 85.0 cm³/mol. The molecule has 112 valence electrons. The summed E-state index contributed by atoms with van der Waals surface area (Å²) in [5.41, 5.74) is 11.6. The zero-order chi connectivity index (χ0) is 15.9. The summed E-state index contributed by atoms with van der Waals surface area (Å²) in [6, 6.07) is 1.55. The highest BCUT2D eigenvalue weighted by molar-refractivity contribution is 9.10. The number of nitrogens with one attached hydrogen (secondary N) is 1. The van der Waals surface area contributed by atoms with Crippen LogP contribution in [0.3, 0.4) is 0 Å². The number of rotatable bonds is 3. The molecule has 6 nitrogen and oxygen atoms in total. The zero-order valence-corrected chi connectivity index (χ0v) is 13.5. The number of hydrogen-bond acceptors (Lipinski definition) is 4. The molecule has 0 saturated heterocycles. The molecule has 0 amide bonds. The van der Waals surface area contributed by atoms with Gasteiger partial charge < -0.3 is 21.1 Å². The maximum absolute atomic E-state index is 11.9. The molecule has 0 atom stereocenters. The predicted octanol–water partition coefficient (Wildman–Crippen LogP) is 1.82. The lowest BCUT2D eigenvalue weighted by Gasteiger charge is -2.12. The van der Waals surface area contributed by atoms with Gasteiger partial charge in [-0.1, -0.05) is 6.92 Å². The van der Waals surface area contributed by atoms with Crippen LogP contribution in [0.25, 0.3) is 0 Å². The van der Waals surface area contributed by atoms with Gasteiger partial charge in [0.25, 0.3) is 5.56 Å². The molecule has 0 spiro atoms. The van der Waals surface area contributed by atoms with E-state index in [0.717, 1.165) is 12.0 Å². The van der Waals surface area contributed by atoms with Crippen molar-refractivity contribution in [2.45, 2.75) is 33.7 Å². The number of nitrogens with two attached hydrogens (primary N) is 2.